The Morgan fingerprint density at radius 2 is 1.79 bits per heavy atom. The second kappa shape index (κ2) is 9.52. The van der Waals surface area contributed by atoms with E-state index in [9.17, 15) is 13.2 Å². The van der Waals surface area contributed by atoms with Gasteiger partial charge in [-0.1, -0.05) is 24.3 Å². The number of nitrogens with zero attached hydrogens (tertiary/aromatic N) is 2. The van der Waals surface area contributed by atoms with Crippen molar-refractivity contribution in [3.8, 4) is 5.88 Å². The molecular weight excluding hydrogens is 380 g/mol. The summed E-state index contributed by atoms with van der Waals surface area (Å²) in [6.07, 6.45) is 1.68. The monoisotopic (exact) mass is 406 g/mol. The lowest BCUT2D eigenvalue weighted by molar-refractivity contribution is 0.232. The van der Waals surface area contributed by atoms with Gasteiger partial charge in [0.15, 0.2) is 0 Å². The highest BCUT2D eigenvalue weighted by Gasteiger charge is 2.20. The maximum Gasteiger partial charge on any atom is 0.315 e. The molecule has 9 heteroatoms. The Bertz CT molecular complexity index is 896. The molecule has 1 heterocycles. The second-order valence-electron chi connectivity index (χ2n) is 6.60. The van der Waals surface area contributed by atoms with Crippen molar-refractivity contribution in [2.24, 2.45) is 0 Å². The van der Waals surface area contributed by atoms with E-state index in [1.165, 1.54) is 20.2 Å². The molecule has 0 unspecified atom stereocenters. The molecule has 2 rings (SSSR count). The maximum atomic E-state index is 12.4. The predicted octanol–water partition coefficient (Wildman–Crippen LogP) is 2.12. The van der Waals surface area contributed by atoms with E-state index >= 15 is 0 Å². The smallest absolute Gasteiger partial charge is 0.315 e. The fourth-order valence-electron chi connectivity index (χ4n) is 2.35. The molecule has 0 aliphatic carbocycles. The molecule has 1 aromatic carbocycles. The van der Waals surface area contributed by atoms with Gasteiger partial charge in [-0.3, -0.25) is 0 Å². The van der Waals surface area contributed by atoms with Crippen LogP contribution in [0.2, 0.25) is 0 Å². The highest BCUT2D eigenvalue weighted by atomic mass is 32.2. The molecule has 0 spiro atoms. The fourth-order valence-corrected chi connectivity index (χ4v) is 3.46. The van der Waals surface area contributed by atoms with Crippen LogP contribution in [0, 0.1) is 0 Å². The average Bonchev–Trinajstić information content (AvgIpc) is 2.65. The Labute approximate surface area is 166 Å². The van der Waals surface area contributed by atoms with E-state index in [4.69, 9.17) is 4.74 Å². The van der Waals surface area contributed by atoms with Gasteiger partial charge < -0.3 is 15.4 Å². The number of carbonyl (C=O) groups excluding carboxylic acids is 1. The zero-order chi connectivity index (χ0) is 20.7. The third-order valence-electron chi connectivity index (χ3n) is 3.78. The number of pyridine rings is 1. The Hall–Kier alpha value is -2.65. The standard InChI is InChI=1S/C19H26N4O4S/c1-14(2)27-18-10-9-15(11-20-18)12-21-19(24)22-13-16-7-5-6-8-17(16)28(25,26)23(3)4/h5-11,14H,12-13H2,1-4H3,(H2,21,22,24). The highest BCUT2D eigenvalue weighted by molar-refractivity contribution is 7.89. The molecule has 28 heavy (non-hydrogen) atoms. The van der Waals surface area contributed by atoms with Crippen molar-refractivity contribution in [2.45, 2.75) is 37.9 Å². The first kappa shape index (κ1) is 21.6. The number of carbonyl (C=O) groups is 1. The number of hydrogen-bond acceptors (Lipinski definition) is 5. The Kier molecular flexibility index (Phi) is 7.36. The Balaban J connectivity index is 1.92. The predicted molar refractivity (Wildman–Crippen MR) is 106 cm³/mol. The van der Waals surface area contributed by atoms with Crippen molar-refractivity contribution in [1.29, 1.82) is 0 Å². The number of nitrogens with one attached hydrogen (secondary N) is 2. The number of sulfonamides is 1. The molecule has 0 saturated carbocycles. The van der Waals surface area contributed by atoms with E-state index < -0.39 is 16.1 Å². The van der Waals surface area contributed by atoms with Gasteiger partial charge in [0.25, 0.3) is 0 Å². The van der Waals surface area contributed by atoms with Crippen LogP contribution in [0.1, 0.15) is 25.0 Å². The molecule has 0 fully saturated rings. The van der Waals surface area contributed by atoms with Crippen molar-refractivity contribution < 1.29 is 17.9 Å². The molecule has 152 valence electrons. The van der Waals surface area contributed by atoms with Gasteiger partial charge in [0.1, 0.15) is 0 Å². The van der Waals surface area contributed by atoms with E-state index in [0.717, 1.165) is 9.87 Å². The first-order valence-electron chi connectivity index (χ1n) is 8.84. The van der Waals surface area contributed by atoms with E-state index in [1.54, 1.807) is 30.5 Å². The third-order valence-corrected chi connectivity index (χ3v) is 5.69. The third kappa shape index (κ3) is 5.93. The van der Waals surface area contributed by atoms with Crippen LogP contribution in [-0.2, 0) is 23.1 Å². The highest BCUT2D eigenvalue weighted by Crippen LogP contribution is 2.18. The Morgan fingerprint density at radius 3 is 2.39 bits per heavy atom. The molecule has 2 amide bonds. The number of urea groups is 1. The molecule has 0 saturated heterocycles. The van der Waals surface area contributed by atoms with E-state index in [0.29, 0.717) is 18.0 Å². The van der Waals surface area contributed by atoms with Crippen molar-refractivity contribution in [3.63, 3.8) is 0 Å². The van der Waals surface area contributed by atoms with Crippen molar-refractivity contribution >= 4 is 16.1 Å². The minimum Gasteiger partial charge on any atom is -0.475 e. The molecule has 0 radical (unpaired) electrons. The zero-order valence-electron chi connectivity index (χ0n) is 16.5. The number of hydrogen-bond donors (Lipinski definition) is 2. The summed E-state index contributed by atoms with van der Waals surface area (Å²) in [4.78, 5) is 16.4. The van der Waals surface area contributed by atoms with Crippen molar-refractivity contribution in [2.75, 3.05) is 14.1 Å². The van der Waals surface area contributed by atoms with Crippen molar-refractivity contribution in [1.82, 2.24) is 19.9 Å². The quantitative estimate of drug-likeness (QED) is 0.699. The van der Waals surface area contributed by atoms with Crippen LogP contribution in [0.25, 0.3) is 0 Å². The molecule has 0 bridgehead atoms. The summed E-state index contributed by atoms with van der Waals surface area (Å²) in [5, 5.41) is 5.40. The van der Waals surface area contributed by atoms with Gasteiger partial charge >= 0.3 is 6.03 Å². The molecule has 8 nitrogen and oxygen atoms in total. The van der Waals surface area contributed by atoms with Crippen LogP contribution in [0.4, 0.5) is 4.79 Å². The lowest BCUT2D eigenvalue weighted by Crippen LogP contribution is -2.35. The first-order chi connectivity index (χ1) is 13.2. The van der Waals surface area contributed by atoms with Gasteiger partial charge in [-0.2, -0.15) is 0 Å². The lowest BCUT2D eigenvalue weighted by atomic mass is 10.2. The van der Waals surface area contributed by atoms with Crippen molar-refractivity contribution in [3.05, 3.63) is 53.7 Å². The van der Waals surface area contributed by atoms with E-state index in [1.807, 2.05) is 19.9 Å². The van der Waals surface area contributed by atoms with Gasteiger partial charge in [0.2, 0.25) is 15.9 Å². The van der Waals surface area contributed by atoms with Gasteiger partial charge in [-0.25, -0.2) is 22.5 Å². The van der Waals surface area contributed by atoms with Crippen LogP contribution in [-0.4, -0.2) is 43.9 Å². The normalized spacial score (nSPS) is 11.5. The van der Waals surface area contributed by atoms with Gasteiger partial charge in [0.05, 0.1) is 11.0 Å². The van der Waals surface area contributed by atoms with Crippen LogP contribution < -0.4 is 15.4 Å². The maximum absolute atomic E-state index is 12.4. The van der Waals surface area contributed by atoms with Gasteiger partial charge in [-0.15, -0.1) is 0 Å². The minimum absolute atomic E-state index is 0.0430. The Morgan fingerprint density at radius 1 is 1.11 bits per heavy atom. The summed E-state index contributed by atoms with van der Waals surface area (Å²) in [7, 11) is -0.642. The molecular formula is C19H26N4O4S. The number of ether oxygens (including phenoxy) is 1. The minimum atomic E-state index is -3.58. The fraction of sp³-hybridized carbons (Fsp3) is 0.368. The summed E-state index contributed by atoms with van der Waals surface area (Å²) in [6.45, 7) is 4.22. The summed E-state index contributed by atoms with van der Waals surface area (Å²) < 4.78 is 31.4. The van der Waals surface area contributed by atoms with Gasteiger partial charge in [0, 0.05) is 39.4 Å². The zero-order valence-corrected chi connectivity index (χ0v) is 17.3. The number of rotatable bonds is 8. The molecule has 1 aromatic heterocycles. The van der Waals surface area contributed by atoms with Crippen LogP contribution in [0.3, 0.4) is 0 Å². The summed E-state index contributed by atoms with van der Waals surface area (Å²) in [5.74, 6) is 0.530. The van der Waals surface area contributed by atoms with E-state index in [-0.39, 0.29) is 17.5 Å². The number of benzene rings is 1. The first-order valence-corrected chi connectivity index (χ1v) is 10.3. The SMILES string of the molecule is CC(C)Oc1ccc(CNC(=O)NCc2ccccc2S(=O)(=O)N(C)C)cn1. The van der Waals surface area contributed by atoms with Gasteiger partial charge in [-0.05, 0) is 31.0 Å². The topological polar surface area (TPSA) is 101 Å². The number of amides is 2. The summed E-state index contributed by atoms with van der Waals surface area (Å²) >= 11 is 0. The molecule has 2 N–H and O–H groups in total. The van der Waals surface area contributed by atoms with E-state index in [2.05, 4.69) is 15.6 Å². The summed E-state index contributed by atoms with van der Waals surface area (Å²) in [6, 6.07) is 9.75. The molecule has 2 aromatic rings. The second-order valence-corrected chi connectivity index (χ2v) is 8.72. The summed E-state index contributed by atoms with van der Waals surface area (Å²) in [5.41, 5.74) is 1.34. The largest absolute Gasteiger partial charge is 0.475 e. The van der Waals surface area contributed by atoms with Crippen LogP contribution >= 0.6 is 0 Å². The lowest BCUT2D eigenvalue weighted by Gasteiger charge is -2.15. The number of aromatic nitrogens is 1. The van der Waals surface area contributed by atoms with Crippen LogP contribution in [0.5, 0.6) is 5.88 Å². The average molecular weight is 407 g/mol. The molecule has 0 atom stereocenters. The molecule has 0 aliphatic heterocycles. The van der Waals surface area contributed by atoms with Crippen LogP contribution in [0.15, 0.2) is 47.5 Å². The molecule has 0 aliphatic rings.